The van der Waals surface area contributed by atoms with E-state index in [1.165, 1.54) is 12.1 Å². The molecule has 0 radical (unpaired) electrons. The maximum atomic E-state index is 12.3. The van der Waals surface area contributed by atoms with Crippen molar-refractivity contribution in [2.45, 2.75) is 0 Å². The van der Waals surface area contributed by atoms with E-state index >= 15 is 0 Å². The van der Waals surface area contributed by atoms with Gasteiger partial charge in [0.2, 0.25) is 5.43 Å². The first-order valence-electron chi connectivity index (χ1n) is 7.29. The molecule has 24 heavy (non-hydrogen) atoms. The molecule has 0 aliphatic rings. The minimum atomic E-state index is -0.539. The first-order chi connectivity index (χ1) is 11.6. The number of hydrogen-bond donors (Lipinski definition) is 1. The lowest BCUT2D eigenvalue weighted by Gasteiger charge is -1.99. The van der Waals surface area contributed by atoms with Crippen LogP contribution < -0.4 is 5.43 Å². The van der Waals surface area contributed by atoms with Crippen LogP contribution in [-0.2, 0) is 0 Å². The topological polar surface area (TPSA) is 54.4 Å². The summed E-state index contributed by atoms with van der Waals surface area (Å²) in [6.45, 7) is 0. The number of carbonyl (C=O) groups excluding carboxylic acids is 1. The van der Waals surface area contributed by atoms with Crippen LogP contribution in [0.1, 0.15) is 15.9 Å². The lowest BCUT2D eigenvalue weighted by molar-refractivity contribution is 0.104. The number of carbonyl (C=O) groups is 1. The Morgan fingerprint density at radius 3 is 2.50 bits per heavy atom. The standard InChI is InChI=1S/C20H13IO3/c21-17-7-3-6-16(19(23)20(17)24)18(22)11-9-13-8-10-14-4-1-2-5-15(14)12-13/h1-12H,(H,23,24)/b11-9+. The van der Waals surface area contributed by atoms with Crippen molar-refractivity contribution < 1.29 is 9.90 Å². The van der Waals surface area contributed by atoms with Crippen molar-refractivity contribution in [2.24, 2.45) is 0 Å². The minimum Gasteiger partial charge on any atom is -0.504 e. The Bertz CT molecular complexity index is 1020. The fourth-order valence-electron chi connectivity index (χ4n) is 2.39. The Morgan fingerprint density at radius 2 is 1.71 bits per heavy atom. The van der Waals surface area contributed by atoms with Crippen molar-refractivity contribution in [3.63, 3.8) is 0 Å². The van der Waals surface area contributed by atoms with Gasteiger partial charge in [-0.3, -0.25) is 9.59 Å². The maximum absolute atomic E-state index is 12.3. The number of rotatable bonds is 3. The lowest BCUT2D eigenvalue weighted by Crippen LogP contribution is -2.04. The molecular formula is C20H13IO3. The molecule has 3 rings (SSSR count). The summed E-state index contributed by atoms with van der Waals surface area (Å²) in [5, 5.41) is 12.2. The zero-order chi connectivity index (χ0) is 17.1. The van der Waals surface area contributed by atoms with E-state index in [1.54, 1.807) is 18.2 Å². The lowest BCUT2D eigenvalue weighted by atomic mass is 10.1. The summed E-state index contributed by atoms with van der Waals surface area (Å²) < 4.78 is 0.364. The van der Waals surface area contributed by atoms with Crippen molar-refractivity contribution in [3.05, 3.63) is 91.7 Å². The predicted molar refractivity (Wildman–Crippen MR) is 104 cm³/mol. The highest BCUT2D eigenvalue weighted by molar-refractivity contribution is 14.1. The molecule has 118 valence electrons. The number of benzene rings is 2. The van der Waals surface area contributed by atoms with Gasteiger partial charge in [-0.1, -0.05) is 48.5 Å². The second-order valence-electron chi connectivity index (χ2n) is 5.27. The van der Waals surface area contributed by atoms with E-state index in [9.17, 15) is 14.7 Å². The molecule has 0 spiro atoms. The number of ketones is 1. The van der Waals surface area contributed by atoms with E-state index in [0.29, 0.717) is 3.57 Å². The number of halogens is 1. The molecule has 1 N–H and O–H groups in total. The second kappa shape index (κ2) is 6.97. The average Bonchev–Trinajstić information content (AvgIpc) is 2.73. The third kappa shape index (κ3) is 3.38. The molecule has 0 saturated carbocycles. The predicted octanol–water partition coefficient (Wildman–Crippen LogP) is 4.41. The summed E-state index contributed by atoms with van der Waals surface area (Å²) in [5.41, 5.74) is 0.335. The Hall–Kier alpha value is -2.47. The molecule has 0 fully saturated rings. The van der Waals surface area contributed by atoms with Gasteiger partial charge in [0.05, 0.1) is 9.13 Å². The van der Waals surface area contributed by atoms with Crippen LogP contribution >= 0.6 is 22.6 Å². The molecule has 0 aliphatic heterocycles. The van der Waals surface area contributed by atoms with E-state index in [4.69, 9.17) is 0 Å². The first-order valence-corrected chi connectivity index (χ1v) is 8.37. The maximum Gasteiger partial charge on any atom is 0.234 e. The van der Waals surface area contributed by atoms with Crippen LogP contribution in [0.2, 0.25) is 0 Å². The van der Waals surface area contributed by atoms with Crippen LogP contribution in [0.3, 0.4) is 0 Å². The molecule has 0 amide bonds. The average molecular weight is 428 g/mol. The van der Waals surface area contributed by atoms with Gasteiger partial charge in [-0.05, 0) is 63.2 Å². The molecular weight excluding hydrogens is 415 g/mol. The van der Waals surface area contributed by atoms with Gasteiger partial charge in [0, 0.05) is 0 Å². The molecule has 3 aromatic rings. The van der Waals surface area contributed by atoms with Gasteiger partial charge in [0.1, 0.15) is 0 Å². The molecule has 0 heterocycles. The summed E-state index contributed by atoms with van der Waals surface area (Å²) >= 11 is 1.83. The molecule has 0 saturated heterocycles. The third-order valence-electron chi connectivity index (χ3n) is 3.66. The highest BCUT2D eigenvalue weighted by Gasteiger charge is 2.11. The highest BCUT2D eigenvalue weighted by atomic mass is 127. The summed E-state index contributed by atoms with van der Waals surface area (Å²) in [6.07, 6.45) is 3.04. The van der Waals surface area contributed by atoms with Crippen LogP contribution in [-0.4, -0.2) is 10.9 Å². The highest BCUT2D eigenvalue weighted by Crippen LogP contribution is 2.18. The van der Waals surface area contributed by atoms with Crippen molar-refractivity contribution >= 4 is 45.2 Å². The largest absolute Gasteiger partial charge is 0.504 e. The van der Waals surface area contributed by atoms with Crippen LogP contribution in [0.25, 0.3) is 16.8 Å². The SMILES string of the molecule is O=C(/C=C/c1ccc2ccccc2c1)c1cccc(I)c(=O)c1O. The quantitative estimate of drug-likeness (QED) is 0.382. The third-order valence-corrected chi connectivity index (χ3v) is 4.51. The molecule has 0 aromatic heterocycles. The number of allylic oxidation sites excluding steroid dienone is 1. The van der Waals surface area contributed by atoms with Crippen molar-refractivity contribution in [1.82, 2.24) is 0 Å². The molecule has 0 bridgehead atoms. The molecule has 0 unspecified atom stereocenters. The van der Waals surface area contributed by atoms with Crippen molar-refractivity contribution in [2.75, 3.05) is 0 Å². The Balaban J connectivity index is 1.94. The van der Waals surface area contributed by atoms with Crippen molar-refractivity contribution in [3.8, 4) is 5.75 Å². The molecule has 3 aromatic carbocycles. The van der Waals surface area contributed by atoms with E-state index in [1.807, 2.05) is 65.1 Å². The molecule has 3 nitrogen and oxygen atoms in total. The van der Waals surface area contributed by atoms with Gasteiger partial charge in [-0.15, -0.1) is 0 Å². The summed E-state index contributed by atoms with van der Waals surface area (Å²) in [6, 6.07) is 18.4. The van der Waals surface area contributed by atoms with Gasteiger partial charge < -0.3 is 5.11 Å². The van der Waals surface area contributed by atoms with Gasteiger partial charge in [-0.25, -0.2) is 0 Å². The Labute approximate surface area is 152 Å². The molecule has 4 heteroatoms. The Morgan fingerprint density at radius 1 is 0.958 bits per heavy atom. The number of hydrogen-bond acceptors (Lipinski definition) is 3. The van der Waals surface area contributed by atoms with Crippen LogP contribution in [0, 0.1) is 3.57 Å². The van der Waals surface area contributed by atoms with E-state index < -0.39 is 17.0 Å². The number of fused-ring (bicyclic) bond motifs is 1. The first kappa shape index (κ1) is 16.4. The second-order valence-corrected chi connectivity index (χ2v) is 6.43. The van der Waals surface area contributed by atoms with E-state index in [2.05, 4.69) is 0 Å². The smallest absolute Gasteiger partial charge is 0.234 e. The van der Waals surface area contributed by atoms with Gasteiger partial charge in [0.25, 0.3) is 0 Å². The van der Waals surface area contributed by atoms with Gasteiger partial charge in [-0.2, -0.15) is 0 Å². The fourth-order valence-corrected chi connectivity index (χ4v) is 2.85. The monoisotopic (exact) mass is 428 g/mol. The van der Waals surface area contributed by atoms with Gasteiger partial charge in [0.15, 0.2) is 11.5 Å². The molecule has 0 atom stereocenters. The number of aromatic hydroxyl groups is 1. The van der Waals surface area contributed by atoms with Crippen LogP contribution in [0.15, 0.2) is 71.5 Å². The summed E-state index contributed by atoms with van der Waals surface area (Å²) in [5.74, 6) is -0.928. The molecule has 0 aliphatic carbocycles. The van der Waals surface area contributed by atoms with Crippen LogP contribution in [0.4, 0.5) is 0 Å². The zero-order valence-electron chi connectivity index (χ0n) is 12.6. The summed E-state index contributed by atoms with van der Waals surface area (Å²) in [4.78, 5) is 24.2. The Kier molecular flexibility index (Phi) is 4.76. The summed E-state index contributed by atoms with van der Waals surface area (Å²) in [7, 11) is 0. The fraction of sp³-hybridized carbons (Fsp3) is 0. The van der Waals surface area contributed by atoms with Crippen molar-refractivity contribution in [1.29, 1.82) is 0 Å². The van der Waals surface area contributed by atoms with E-state index in [-0.39, 0.29) is 5.56 Å². The van der Waals surface area contributed by atoms with E-state index in [0.717, 1.165) is 16.3 Å². The zero-order valence-corrected chi connectivity index (χ0v) is 14.7. The normalized spacial score (nSPS) is 11.0. The van der Waals surface area contributed by atoms with Crippen LogP contribution in [0.5, 0.6) is 5.75 Å². The van der Waals surface area contributed by atoms with Gasteiger partial charge >= 0.3 is 0 Å². The minimum absolute atomic E-state index is 0.0000415.